The van der Waals surface area contributed by atoms with E-state index in [9.17, 15) is 8.42 Å². The van der Waals surface area contributed by atoms with Gasteiger partial charge in [-0.2, -0.15) is 13.5 Å². The highest BCUT2D eigenvalue weighted by Crippen LogP contribution is 2.51. The molecule has 150 valence electrons. The van der Waals surface area contributed by atoms with E-state index in [1.54, 1.807) is 25.1 Å². The van der Waals surface area contributed by atoms with Crippen molar-refractivity contribution in [1.29, 1.82) is 0 Å². The molecule has 0 unspecified atom stereocenters. The van der Waals surface area contributed by atoms with E-state index < -0.39 is 10.1 Å². The lowest BCUT2D eigenvalue weighted by molar-refractivity contribution is 0.308. The first-order valence-electron chi connectivity index (χ1n) is 9.46. The summed E-state index contributed by atoms with van der Waals surface area (Å²) in [6, 6.07) is 16.7. The normalized spacial score (nSPS) is 12.9. The van der Waals surface area contributed by atoms with Crippen LogP contribution in [-0.2, 0) is 14.4 Å². The van der Waals surface area contributed by atoms with E-state index in [2.05, 4.69) is 4.98 Å². The highest BCUT2D eigenvalue weighted by atomic mass is 32.2. The number of anilines is 2. The molecular formula is C22H22N2O4S. The molecule has 7 heteroatoms. The predicted octanol–water partition coefficient (Wildman–Crippen LogP) is 5.28. The van der Waals surface area contributed by atoms with Crippen LogP contribution in [0.1, 0.15) is 24.6 Å². The van der Waals surface area contributed by atoms with Crippen LogP contribution in [0.3, 0.4) is 0 Å². The quantitative estimate of drug-likeness (QED) is 0.570. The predicted molar refractivity (Wildman–Crippen MR) is 113 cm³/mol. The second kappa shape index (κ2) is 7.50. The molecule has 3 aromatic rings. The third-order valence-electron chi connectivity index (χ3n) is 4.64. The Balaban J connectivity index is 1.95. The summed E-state index contributed by atoms with van der Waals surface area (Å²) in [4.78, 5) is 4.69. The zero-order chi connectivity index (χ0) is 20.6. The number of aryl methyl sites for hydroxylation is 2. The van der Waals surface area contributed by atoms with Crippen LogP contribution in [-0.4, -0.2) is 19.2 Å². The van der Waals surface area contributed by atoms with Crippen molar-refractivity contribution in [2.75, 3.05) is 10.8 Å². The molecule has 4 rings (SSSR count). The van der Waals surface area contributed by atoms with Crippen molar-refractivity contribution >= 4 is 21.5 Å². The Morgan fingerprint density at radius 3 is 2.55 bits per heavy atom. The average Bonchev–Trinajstić information content (AvgIpc) is 2.69. The number of fused-ring (bicyclic) bond motifs is 2. The molecule has 0 aliphatic carbocycles. The van der Waals surface area contributed by atoms with Crippen molar-refractivity contribution in [3.05, 3.63) is 65.9 Å². The summed E-state index contributed by atoms with van der Waals surface area (Å²) in [6.45, 7) is 5.69. The van der Waals surface area contributed by atoms with Gasteiger partial charge in [-0.3, -0.25) is 4.98 Å². The molecule has 0 saturated heterocycles. The summed E-state index contributed by atoms with van der Waals surface area (Å²) in [6.07, 6.45) is 0.460. The third kappa shape index (κ3) is 3.71. The first kappa shape index (κ1) is 19.4. The van der Waals surface area contributed by atoms with E-state index in [0.29, 0.717) is 29.3 Å². The zero-order valence-electron chi connectivity index (χ0n) is 16.5. The molecule has 6 nitrogen and oxygen atoms in total. The first-order valence-corrected chi connectivity index (χ1v) is 11.0. The van der Waals surface area contributed by atoms with E-state index in [4.69, 9.17) is 9.02 Å². The topological polar surface area (TPSA) is 68.7 Å². The molecule has 0 fully saturated rings. The Bertz CT molecular complexity index is 1180. The Morgan fingerprint density at radius 2 is 1.76 bits per heavy atom. The van der Waals surface area contributed by atoms with Gasteiger partial charge in [0.1, 0.15) is 11.4 Å². The van der Waals surface area contributed by atoms with Gasteiger partial charge >= 0.3 is 0 Å². The molecule has 0 spiro atoms. The summed E-state index contributed by atoms with van der Waals surface area (Å²) < 4.78 is 36.8. The molecule has 2 heterocycles. The molecule has 0 amide bonds. The maximum atomic E-state index is 12.6. The lowest BCUT2D eigenvalue weighted by atomic mass is 10.0. The van der Waals surface area contributed by atoms with E-state index in [-0.39, 0.29) is 5.75 Å². The fourth-order valence-corrected chi connectivity index (χ4v) is 4.29. The van der Waals surface area contributed by atoms with Crippen LogP contribution < -0.4 is 9.80 Å². The van der Waals surface area contributed by atoms with Crippen molar-refractivity contribution in [3.8, 4) is 22.8 Å². The molecule has 2 aromatic carbocycles. The van der Waals surface area contributed by atoms with Gasteiger partial charge in [-0.15, -0.1) is 4.28 Å². The maximum absolute atomic E-state index is 12.6. The van der Waals surface area contributed by atoms with Crippen molar-refractivity contribution in [2.45, 2.75) is 27.2 Å². The molecular weight excluding hydrogens is 388 g/mol. The van der Waals surface area contributed by atoms with Crippen LogP contribution >= 0.6 is 0 Å². The van der Waals surface area contributed by atoms with E-state index >= 15 is 0 Å². The van der Waals surface area contributed by atoms with Gasteiger partial charge in [-0.1, -0.05) is 37.3 Å². The largest absolute Gasteiger partial charge is 0.453 e. The SMILES string of the molecule is CCCS(=O)(=O)ON1c2ccccc2Oc2cccc(-c3nc(C)ccc3C)c21. The first-order chi connectivity index (χ1) is 13.9. The van der Waals surface area contributed by atoms with Crippen LogP contribution in [0.15, 0.2) is 54.6 Å². The maximum Gasteiger partial charge on any atom is 0.288 e. The second-order valence-electron chi connectivity index (χ2n) is 6.97. The van der Waals surface area contributed by atoms with Gasteiger partial charge in [0.05, 0.1) is 11.4 Å². The number of hydrogen-bond acceptors (Lipinski definition) is 6. The van der Waals surface area contributed by atoms with Gasteiger partial charge in [0.15, 0.2) is 11.5 Å². The van der Waals surface area contributed by atoms with Crippen LogP contribution in [0.5, 0.6) is 11.5 Å². The number of benzene rings is 2. The lowest BCUT2D eigenvalue weighted by Gasteiger charge is -2.32. The van der Waals surface area contributed by atoms with Crippen molar-refractivity contribution in [2.24, 2.45) is 0 Å². The molecule has 29 heavy (non-hydrogen) atoms. The van der Waals surface area contributed by atoms with Gasteiger partial charge in [-0.25, -0.2) is 0 Å². The Morgan fingerprint density at radius 1 is 1.00 bits per heavy atom. The summed E-state index contributed by atoms with van der Waals surface area (Å²) in [7, 11) is -3.78. The van der Waals surface area contributed by atoms with E-state index in [1.165, 1.54) is 5.06 Å². The third-order valence-corrected chi connectivity index (χ3v) is 5.92. The summed E-state index contributed by atoms with van der Waals surface area (Å²) in [5.74, 6) is 0.958. The number of para-hydroxylation sites is 3. The number of aromatic nitrogens is 1. The minimum Gasteiger partial charge on any atom is -0.453 e. The van der Waals surface area contributed by atoms with E-state index in [1.807, 2.05) is 50.2 Å². The highest BCUT2D eigenvalue weighted by Gasteiger charge is 2.32. The number of nitrogens with zero attached hydrogens (tertiary/aromatic N) is 2. The molecule has 1 aliphatic rings. The van der Waals surface area contributed by atoms with Gasteiger partial charge < -0.3 is 4.74 Å². The van der Waals surface area contributed by atoms with Crippen molar-refractivity contribution in [3.63, 3.8) is 0 Å². The fourth-order valence-electron chi connectivity index (χ4n) is 3.33. The van der Waals surface area contributed by atoms with Crippen molar-refractivity contribution in [1.82, 2.24) is 4.98 Å². The number of hydrogen-bond donors (Lipinski definition) is 0. The molecule has 0 N–H and O–H groups in total. The van der Waals surface area contributed by atoms with Crippen LogP contribution in [0, 0.1) is 13.8 Å². The lowest BCUT2D eigenvalue weighted by Crippen LogP contribution is -2.27. The minimum atomic E-state index is -3.78. The molecule has 0 bridgehead atoms. The number of pyridine rings is 1. The number of ether oxygens (including phenoxy) is 1. The summed E-state index contributed by atoms with van der Waals surface area (Å²) >= 11 is 0. The Labute approximate surface area is 170 Å². The van der Waals surface area contributed by atoms with Gasteiger partial charge in [0.25, 0.3) is 10.1 Å². The Hall–Kier alpha value is -2.90. The minimum absolute atomic E-state index is 0.0776. The Kier molecular flexibility index (Phi) is 5.02. The second-order valence-corrected chi connectivity index (χ2v) is 8.64. The van der Waals surface area contributed by atoms with Gasteiger partial charge in [-0.05, 0) is 50.1 Å². The standard InChI is InChI=1S/C22H22N2O4S/c1-4-14-29(25,26)28-24-18-9-5-6-10-19(18)27-20-11-7-8-17(22(20)24)21-15(2)12-13-16(3)23-21/h5-13H,4,14H2,1-3H3. The smallest absolute Gasteiger partial charge is 0.288 e. The van der Waals surface area contributed by atoms with Gasteiger partial charge in [0, 0.05) is 11.3 Å². The zero-order valence-corrected chi connectivity index (χ0v) is 17.4. The van der Waals surface area contributed by atoms with Crippen LogP contribution in [0.2, 0.25) is 0 Å². The fraction of sp³-hybridized carbons (Fsp3) is 0.227. The number of rotatable bonds is 5. The van der Waals surface area contributed by atoms with Gasteiger partial charge in [0.2, 0.25) is 0 Å². The highest BCUT2D eigenvalue weighted by molar-refractivity contribution is 7.86. The summed E-state index contributed by atoms with van der Waals surface area (Å²) in [5, 5.41) is 1.36. The molecule has 0 radical (unpaired) electrons. The average molecular weight is 410 g/mol. The van der Waals surface area contributed by atoms with Crippen molar-refractivity contribution < 1.29 is 17.4 Å². The molecule has 1 aromatic heterocycles. The van der Waals surface area contributed by atoms with E-state index in [0.717, 1.165) is 22.5 Å². The molecule has 1 aliphatic heterocycles. The van der Waals surface area contributed by atoms with Crippen LogP contribution in [0.25, 0.3) is 11.3 Å². The van der Waals surface area contributed by atoms with Crippen LogP contribution in [0.4, 0.5) is 11.4 Å². The summed E-state index contributed by atoms with van der Waals surface area (Å²) in [5.41, 5.74) is 4.38. The molecule has 0 atom stereocenters. The molecule has 0 saturated carbocycles. The monoisotopic (exact) mass is 410 g/mol.